The second-order valence-corrected chi connectivity index (χ2v) is 4.25. The molecule has 0 saturated heterocycles. The number of amides is 1. The van der Waals surface area contributed by atoms with Crippen LogP contribution in [0.1, 0.15) is 25.0 Å². The van der Waals surface area contributed by atoms with Crippen molar-refractivity contribution in [2.75, 3.05) is 6.54 Å². The summed E-state index contributed by atoms with van der Waals surface area (Å²) in [6, 6.07) is 4.83. The summed E-state index contributed by atoms with van der Waals surface area (Å²) in [4.78, 5) is 11.0. The number of carbonyl (C=O) groups excluding carboxylic acids is 1. The van der Waals surface area contributed by atoms with Crippen molar-refractivity contribution in [2.24, 2.45) is 0 Å². The molecule has 0 fully saturated rings. The summed E-state index contributed by atoms with van der Waals surface area (Å²) in [5.74, 6) is -0.104. The van der Waals surface area contributed by atoms with E-state index in [4.69, 9.17) is 23.2 Å². The molecule has 3 nitrogen and oxygen atoms in total. The van der Waals surface area contributed by atoms with Crippen LogP contribution < -0.4 is 5.32 Å². The molecule has 1 amide bonds. The van der Waals surface area contributed by atoms with E-state index in [0.29, 0.717) is 22.0 Å². The van der Waals surface area contributed by atoms with Crippen LogP contribution >= 0.6 is 23.2 Å². The molecular formula is C11H13Cl2NO2. The monoisotopic (exact) mass is 261 g/mol. The fourth-order valence-electron chi connectivity index (χ4n) is 1.22. The molecule has 88 valence electrons. The van der Waals surface area contributed by atoms with Crippen LogP contribution in [-0.4, -0.2) is 17.6 Å². The van der Waals surface area contributed by atoms with Gasteiger partial charge < -0.3 is 10.4 Å². The molecule has 0 saturated carbocycles. The molecule has 1 atom stereocenters. The van der Waals surface area contributed by atoms with Crippen LogP contribution in [0.15, 0.2) is 18.2 Å². The van der Waals surface area contributed by atoms with Crippen LogP contribution in [-0.2, 0) is 4.79 Å². The number of hydrogen-bond acceptors (Lipinski definition) is 2. The first-order valence-corrected chi connectivity index (χ1v) is 5.69. The molecule has 0 aliphatic rings. The lowest BCUT2D eigenvalue weighted by atomic mass is 10.1. The number of halogens is 2. The number of rotatable bonds is 4. The Kier molecular flexibility index (Phi) is 5.06. The minimum Gasteiger partial charge on any atom is -0.387 e. The molecule has 1 aromatic rings. The van der Waals surface area contributed by atoms with E-state index in [1.54, 1.807) is 25.1 Å². The number of aliphatic hydroxyl groups excluding tert-OH is 1. The molecule has 0 bridgehead atoms. The fraction of sp³-hybridized carbons (Fsp3) is 0.364. The highest BCUT2D eigenvalue weighted by Gasteiger charge is 2.10. The van der Waals surface area contributed by atoms with Crippen molar-refractivity contribution in [3.8, 4) is 0 Å². The maximum absolute atomic E-state index is 11.0. The lowest BCUT2D eigenvalue weighted by Gasteiger charge is -2.12. The number of nitrogens with one attached hydrogen (secondary N) is 1. The van der Waals surface area contributed by atoms with Crippen molar-refractivity contribution < 1.29 is 9.90 Å². The molecular weight excluding hydrogens is 249 g/mol. The standard InChI is InChI=1S/C11H13Cl2NO2/c1-2-11(16)14-6-10(15)7-3-8(12)5-9(13)4-7/h3-5,10,15H,2,6H2,1H3,(H,14,16). The van der Waals surface area contributed by atoms with Gasteiger partial charge in [-0.2, -0.15) is 0 Å². The third-order valence-electron chi connectivity index (χ3n) is 2.08. The lowest BCUT2D eigenvalue weighted by Crippen LogP contribution is -2.27. The molecule has 0 aliphatic heterocycles. The average Bonchev–Trinajstić information content (AvgIpc) is 2.23. The molecule has 0 aromatic heterocycles. The van der Waals surface area contributed by atoms with E-state index in [9.17, 15) is 9.90 Å². The average molecular weight is 262 g/mol. The number of carbonyl (C=O) groups is 1. The van der Waals surface area contributed by atoms with E-state index in [0.717, 1.165) is 0 Å². The Bertz CT molecular complexity index is 362. The van der Waals surface area contributed by atoms with Crippen molar-refractivity contribution in [2.45, 2.75) is 19.4 Å². The van der Waals surface area contributed by atoms with Crippen molar-refractivity contribution >= 4 is 29.1 Å². The van der Waals surface area contributed by atoms with Crippen LogP contribution in [0.2, 0.25) is 10.0 Å². The zero-order valence-electron chi connectivity index (χ0n) is 8.84. The predicted molar refractivity (Wildman–Crippen MR) is 64.7 cm³/mol. The summed E-state index contributed by atoms with van der Waals surface area (Å²) in [5.41, 5.74) is 0.592. The topological polar surface area (TPSA) is 49.3 Å². The van der Waals surface area contributed by atoms with Crippen molar-refractivity contribution in [1.29, 1.82) is 0 Å². The molecule has 16 heavy (non-hydrogen) atoms. The summed E-state index contributed by atoms with van der Waals surface area (Å²) < 4.78 is 0. The van der Waals surface area contributed by atoms with Gasteiger partial charge in [-0.25, -0.2) is 0 Å². The Morgan fingerprint density at radius 2 is 1.94 bits per heavy atom. The maximum atomic E-state index is 11.0. The van der Waals surface area contributed by atoms with Crippen LogP contribution in [0.4, 0.5) is 0 Å². The Morgan fingerprint density at radius 3 is 2.44 bits per heavy atom. The van der Waals surface area contributed by atoms with Gasteiger partial charge in [-0.1, -0.05) is 30.1 Å². The van der Waals surface area contributed by atoms with Gasteiger partial charge in [-0.15, -0.1) is 0 Å². The second kappa shape index (κ2) is 6.09. The van der Waals surface area contributed by atoms with Crippen molar-refractivity contribution in [3.63, 3.8) is 0 Å². The third kappa shape index (κ3) is 4.00. The van der Waals surface area contributed by atoms with E-state index >= 15 is 0 Å². The molecule has 1 unspecified atom stereocenters. The number of aliphatic hydroxyl groups is 1. The lowest BCUT2D eigenvalue weighted by molar-refractivity contribution is -0.121. The first-order chi connectivity index (χ1) is 7.52. The molecule has 0 aliphatic carbocycles. The summed E-state index contributed by atoms with van der Waals surface area (Å²) in [7, 11) is 0. The van der Waals surface area contributed by atoms with Gasteiger partial charge in [-0.05, 0) is 23.8 Å². The van der Waals surface area contributed by atoms with E-state index < -0.39 is 6.10 Å². The van der Waals surface area contributed by atoms with Crippen molar-refractivity contribution in [3.05, 3.63) is 33.8 Å². The van der Waals surface area contributed by atoms with Gasteiger partial charge in [0, 0.05) is 23.0 Å². The summed E-state index contributed by atoms with van der Waals surface area (Å²) in [5, 5.41) is 13.3. The smallest absolute Gasteiger partial charge is 0.219 e. The van der Waals surface area contributed by atoms with E-state index in [1.165, 1.54) is 0 Å². The first kappa shape index (κ1) is 13.3. The van der Waals surface area contributed by atoms with Crippen LogP contribution in [0.5, 0.6) is 0 Å². The maximum Gasteiger partial charge on any atom is 0.219 e. The second-order valence-electron chi connectivity index (χ2n) is 3.38. The quantitative estimate of drug-likeness (QED) is 0.876. The van der Waals surface area contributed by atoms with Gasteiger partial charge in [-0.3, -0.25) is 4.79 Å². The Balaban J connectivity index is 2.65. The van der Waals surface area contributed by atoms with E-state index in [2.05, 4.69) is 5.32 Å². The van der Waals surface area contributed by atoms with E-state index in [1.807, 2.05) is 0 Å². The molecule has 0 heterocycles. The SMILES string of the molecule is CCC(=O)NCC(O)c1cc(Cl)cc(Cl)c1. The summed E-state index contributed by atoms with van der Waals surface area (Å²) in [6.07, 6.45) is -0.407. The van der Waals surface area contributed by atoms with Gasteiger partial charge in [0.15, 0.2) is 0 Å². The van der Waals surface area contributed by atoms with Gasteiger partial charge >= 0.3 is 0 Å². The fourth-order valence-corrected chi connectivity index (χ4v) is 1.76. The van der Waals surface area contributed by atoms with Crippen molar-refractivity contribution in [1.82, 2.24) is 5.32 Å². The van der Waals surface area contributed by atoms with Crippen LogP contribution in [0.25, 0.3) is 0 Å². The zero-order chi connectivity index (χ0) is 12.1. The number of benzene rings is 1. The molecule has 2 N–H and O–H groups in total. The molecule has 1 aromatic carbocycles. The highest BCUT2D eigenvalue weighted by atomic mass is 35.5. The Labute approximate surface area is 104 Å². The molecule has 1 rings (SSSR count). The van der Waals surface area contributed by atoms with E-state index in [-0.39, 0.29) is 12.5 Å². The molecule has 0 spiro atoms. The summed E-state index contributed by atoms with van der Waals surface area (Å²) in [6.45, 7) is 1.90. The van der Waals surface area contributed by atoms with Gasteiger partial charge in [0.05, 0.1) is 6.10 Å². The van der Waals surface area contributed by atoms with Gasteiger partial charge in [0.1, 0.15) is 0 Å². The summed E-state index contributed by atoms with van der Waals surface area (Å²) >= 11 is 11.6. The van der Waals surface area contributed by atoms with Crippen LogP contribution in [0, 0.1) is 0 Å². The highest BCUT2D eigenvalue weighted by molar-refractivity contribution is 6.34. The van der Waals surface area contributed by atoms with Gasteiger partial charge in [0.25, 0.3) is 0 Å². The minimum atomic E-state index is -0.799. The Morgan fingerprint density at radius 1 is 1.38 bits per heavy atom. The third-order valence-corrected chi connectivity index (χ3v) is 2.52. The zero-order valence-corrected chi connectivity index (χ0v) is 10.3. The largest absolute Gasteiger partial charge is 0.387 e. The van der Waals surface area contributed by atoms with Gasteiger partial charge in [0.2, 0.25) is 5.91 Å². The predicted octanol–water partition coefficient (Wildman–Crippen LogP) is 2.55. The normalized spacial score (nSPS) is 12.2. The molecule has 5 heteroatoms. The highest BCUT2D eigenvalue weighted by Crippen LogP contribution is 2.23. The first-order valence-electron chi connectivity index (χ1n) is 4.93. The number of hydrogen-bond donors (Lipinski definition) is 2. The van der Waals surface area contributed by atoms with Crippen LogP contribution in [0.3, 0.4) is 0 Å². The molecule has 0 radical (unpaired) electrons. The Hall–Kier alpha value is -0.770. The minimum absolute atomic E-state index is 0.104.